The molecule has 0 unspecified atom stereocenters. The number of benzene rings is 2. The standard InChI is InChI=1S/C14H11Cl3O/c15-8-10-3-1-2-4-11(10)9-18-14-6-5-12(16)7-13(14)17/h1-7H,8-9H2. The molecule has 0 bridgehead atoms. The van der Waals surface area contributed by atoms with Crippen LogP contribution in [0.3, 0.4) is 0 Å². The summed E-state index contributed by atoms with van der Waals surface area (Å²) in [5, 5.41) is 1.10. The van der Waals surface area contributed by atoms with Crippen LogP contribution in [0.4, 0.5) is 0 Å². The minimum Gasteiger partial charge on any atom is -0.487 e. The molecule has 0 spiro atoms. The molecule has 0 aliphatic heterocycles. The minimum absolute atomic E-state index is 0.435. The lowest BCUT2D eigenvalue weighted by Gasteiger charge is -2.10. The van der Waals surface area contributed by atoms with E-state index in [0.717, 1.165) is 11.1 Å². The predicted octanol–water partition coefficient (Wildman–Crippen LogP) is 5.31. The predicted molar refractivity (Wildman–Crippen MR) is 76.8 cm³/mol. The van der Waals surface area contributed by atoms with Gasteiger partial charge in [0.05, 0.1) is 5.02 Å². The topological polar surface area (TPSA) is 9.23 Å². The van der Waals surface area contributed by atoms with Crippen molar-refractivity contribution in [3.05, 3.63) is 63.6 Å². The summed E-state index contributed by atoms with van der Waals surface area (Å²) in [4.78, 5) is 0. The second kappa shape index (κ2) is 6.33. The molecule has 18 heavy (non-hydrogen) atoms. The third kappa shape index (κ3) is 3.32. The first-order valence-corrected chi connectivity index (χ1v) is 6.70. The number of halogens is 3. The van der Waals surface area contributed by atoms with E-state index in [-0.39, 0.29) is 0 Å². The van der Waals surface area contributed by atoms with Gasteiger partial charge in [-0.25, -0.2) is 0 Å². The first kappa shape index (κ1) is 13.5. The van der Waals surface area contributed by atoms with Gasteiger partial charge in [0.2, 0.25) is 0 Å². The van der Waals surface area contributed by atoms with Gasteiger partial charge in [-0.3, -0.25) is 0 Å². The van der Waals surface area contributed by atoms with Gasteiger partial charge >= 0.3 is 0 Å². The molecule has 0 saturated carbocycles. The fraction of sp³-hybridized carbons (Fsp3) is 0.143. The molecule has 0 atom stereocenters. The second-order valence-electron chi connectivity index (χ2n) is 3.77. The van der Waals surface area contributed by atoms with Gasteiger partial charge in [0.15, 0.2) is 0 Å². The molecule has 4 heteroatoms. The Labute approximate surface area is 121 Å². The molecule has 0 aromatic heterocycles. The van der Waals surface area contributed by atoms with Crippen LogP contribution in [0.15, 0.2) is 42.5 Å². The summed E-state index contributed by atoms with van der Waals surface area (Å²) in [5.41, 5.74) is 2.11. The quantitative estimate of drug-likeness (QED) is 0.695. The van der Waals surface area contributed by atoms with Crippen molar-refractivity contribution in [3.63, 3.8) is 0 Å². The Hall–Kier alpha value is -0.890. The molecular formula is C14H11Cl3O. The molecular weight excluding hydrogens is 291 g/mol. The number of ether oxygens (including phenoxy) is 1. The number of alkyl halides is 1. The lowest BCUT2D eigenvalue weighted by atomic mass is 10.1. The van der Waals surface area contributed by atoms with Crippen molar-refractivity contribution >= 4 is 34.8 Å². The summed E-state index contributed by atoms with van der Waals surface area (Å²) >= 11 is 17.7. The zero-order chi connectivity index (χ0) is 13.0. The Morgan fingerprint density at radius 2 is 1.67 bits per heavy atom. The van der Waals surface area contributed by atoms with Crippen LogP contribution in [-0.2, 0) is 12.5 Å². The van der Waals surface area contributed by atoms with Gasteiger partial charge < -0.3 is 4.74 Å². The molecule has 0 amide bonds. The first-order chi connectivity index (χ1) is 8.70. The Morgan fingerprint density at radius 3 is 2.33 bits per heavy atom. The second-order valence-corrected chi connectivity index (χ2v) is 4.88. The first-order valence-electron chi connectivity index (χ1n) is 5.41. The van der Waals surface area contributed by atoms with Crippen molar-refractivity contribution in [2.24, 2.45) is 0 Å². The van der Waals surface area contributed by atoms with Crippen LogP contribution in [0.2, 0.25) is 10.0 Å². The molecule has 2 rings (SSSR count). The smallest absolute Gasteiger partial charge is 0.138 e. The highest BCUT2D eigenvalue weighted by molar-refractivity contribution is 6.35. The zero-order valence-corrected chi connectivity index (χ0v) is 11.8. The molecule has 2 aromatic carbocycles. The maximum Gasteiger partial charge on any atom is 0.138 e. The Morgan fingerprint density at radius 1 is 0.944 bits per heavy atom. The van der Waals surface area contributed by atoms with Gasteiger partial charge in [0.25, 0.3) is 0 Å². The highest BCUT2D eigenvalue weighted by atomic mass is 35.5. The summed E-state index contributed by atoms with van der Waals surface area (Å²) < 4.78 is 5.67. The lowest BCUT2D eigenvalue weighted by molar-refractivity contribution is 0.305. The van der Waals surface area contributed by atoms with Gasteiger partial charge in [0, 0.05) is 10.9 Å². The van der Waals surface area contributed by atoms with E-state index >= 15 is 0 Å². The largest absolute Gasteiger partial charge is 0.487 e. The maximum absolute atomic E-state index is 6.03. The Kier molecular flexibility index (Phi) is 4.76. The fourth-order valence-electron chi connectivity index (χ4n) is 1.58. The lowest BCUT2D eigenvalue weighted by Crippen LogP contribution is -1.99. The van der Waals surface area contributed by atoms with E-state index in [4.69, 9.17) is 39.5 Å². The Bertz CT molecular complexity index is 540. The molecule has 0 saturated heterocycles. The summed E-state index contributed by atoms with van der Waals surface area (Å²) in [6, 6.07) is 13.0. The van der Waals surface area contributed by atoms with Crippen LogP contribution in [0.25, 0.3) is 0 Å². The van der Waals surface area contributed by atoms with Crippen LogP contribution in [0, 0.1) is 0 Å². The van der Waals surface area contributed by atoms with Gasteiger partial charge in [-0.2, -0.15) is 0 Å². The molecule has 1 nitrogen and oxygen atoms in total. The van der Waals surface area contributed by atoms with Crippen molar-refractivity contribution < 1.29 is 4.74 Å². The molecule has 2 aromatic rings. The van der Waals surface area contributed by atoms with Crippen molar-refractivity contribution in [2.75, 3.05) is 0 Å². The fourth-order valence-corrected chi connectivity index (χ4v) is 2.30. The van der Waals surface area contributed by atoms with E-state index in [0.29, 0.717) is 28.3 Å². The van der Waals surface area contributed by atoms with E-state index in [1.54, 1.807) is 18.2 Å². The molecule has 94 valence electrons. The van der Waals surface area contributed by atoms with Gasteiger partial charge in [-0.05, 0) is 29.3 Å². The maximum atomic E-state index is 6.03. The monoisotopic (exact) mass is 300 g/mol. The van der Waals surface area contributed by atoms with Crippen molar-refractivity contribution in [2.45, 2.75) is 12.5 Å². The van der Waals surface area contributed by atoms with Crippen LogP contribution in [-0.4, -0.2) is 0 Å². The minimum atomic E-state index is 0.435. The average molecular weight is 302 g/mol. The van der Waals surface area contributed by atoms with Crippen LogP contribution in [0.1, 0.15) is 11.1 Å². The molecule has 0 aliphatic rings. The molecule has 0 fully saturated rings. The highest BCUT2D eigenvalue weighted by Gasteiger charge is 2.05. The third-order valence-electron chi connectivity index (χ3n) is 2.54. The van der Waals surface area contributed by atoms with E-state index in [1.165, 1.54) is 0 Å². The normalized spacial score (nSPS) is 10.4. The van der Waals surface area contributed by atoms with Gasteiger partial charge in [0.1, 0.15) is 12.4 Å². The highest BCUT2D eigenvalue weighted by Crippen LogP contribution is 2.28. The average Bonchev–Trinajstić information content (AvgIpc) is 2.38. The number of hydrogen-bond donors (Lipinski definition) is 0. The molecule has 0 heterocycles. The zero-order valence-electron chi connectivity index (χ0n) is 9.50. The van der Waals surface area contributed by atoms with Crippen molar-refractivity contribution in [3.8, 4) is 5.75 Å². The SMILES string of the molecule is ClCc1ccccc1COc1ccc(Cl)cc1Cl. The van der Waals surface area contributed by atoms with E-state index in [2.05, 4.69) is 0 Å². The van der Waals surface area contributed by atoms with E-state index in [9.17, 15) is 0 Å². The van der Waals surface area contributed by atoms with E-state index < -0.39 is 0 Å². The molecule has 0 N–H and O–H groups in total. The summed E-state index contributed by atoms with van der Waals surface area (Å²) in [6.45, 7) is 0.435. The van der Waals surface area contributed by atoms with E-state index in [1.807, 2.05) is 24.3 Å². The number of rotatable bonds is 4. The van der Waals surface area contributed by atoms with Gasteiger partial charge in [-0.1, -0.05) is 47.5 Å². The van der Waals surface area contributed by atoms with Crippen LogP contribution < -0.4 is 4.74 Å². The molecule has 0 radical (unpaired) electrons. The Balaban J connectivity index is 2.11. The third-order valence-corrected chi connectivity index (χ3v) is 3.36. The summed E-state index contributed by atoms with van der Waals surface area (Å²) in [7, 11) is 0. The number of hydrogen-bond acceptors (Lipinski definition) is 1. The van der Waals surface area contributed by atoms with Crippen LogP contribution in [0.5, 0.6) is 5.75 Å². The summed E-state index contributed by atoms with van der Waals surface area (Å²) in [6.07, 6.45) is 0. The van der Waals surface area contributed by atoms with Crippen LogP contribution >= 0.6 is 34.8 Å². The van der Waals surface area contributed by atoms with Crippen molar-refractivity contribution in [1.29, 1.82) is 0 Å². The molecule has 0 aliphatic carbocycles. The summed E-state index contributed by atoms with van der Waals surface area (Å²) in [5.74, 6) is 1.08. The van der Waals surface area contributed by atoms with Gasteiger partial charge in [-0.15, -0.1) is 11.6 Å². The van der Waals surface area contributed by atoms with Crippen molar-refractivity contribution in [1.82, 2.24) is 0 Å².